The maximum absolute atomic E-state index is 12.7. The Labute approximate surface area is 204 Å². The van der Waals surface area contributed by atoms with Crippen LogP contribution in [0.5, 0.6) is 0 Å². The summed E-state index contributed by atoms with van der Waals surface area (Å²) in [6.07, 6.45) is 4.35. The first-order valence-electron chi connectivity index (χ1n) is 11.4. The monoisotopic (exact) mass is 484 g/mol. The van der Waals surface area contributed by atoms with Gasteiger partial charge in [-0.05, 0) is 32.4 Å². The number of thiazole rings is 1. The third kappa shape index (κ3) is 6.63. The molecule has 2 amide bonds. The highest BCUT2D eigenvalue weighted by Gasteiger charge is 2.37. The Morgan fingerprint density at radius 3 is 2.62 bits per heavy atom. The van der Waals surface area contributed by atoms with Gasteiger partial charge >= 0.3 is 6.03 Å². The fourth-order valence-corrected chi connectivity index (χ4v) is 4.40. The molecule has 1 aromatic carbocycles. The second-order valence-corrected chi connectivity index (χ2v) is 10.0. The lowest BCUT2D eigenvalue weighted by Crippen LogP contribution is -2.46. The number of anilines is 2. The number of ether oxygens (including phenoxy) is 2. The Kier molecular flexibility index (Phi) is 7.94. The van der Waals surface area contributed by atoms with Crippen molar-refractivity contribution in [1.29, 1.82) is 5.41 Å². The SMILES string of the molecule is Cc1ccc(N/C(=C\C(=N)C2(C)COC2)NC(=O)Nc2ncc(CCN3CCOCC3)s2)cc1. The maximum Gasteiger partial charge on any atom is 0.326 e. The van der Waals surface area contributed by atoms with Gasteiger partial charge in [0.1, 0.15) is 5.82 Å². The van der Waals surface area contributed by atoms with E-state index in [1.807, 2.05) is 44.3 Å². The van der Waals surface area contributed by atoms with Gasteiger partial charge in [-0.1, -0.05) is 17.7 Å². The Hall–Kier alpha value is -2.79. The molecular formula is C24H32N6O3S. The number of carbonyl (C=O) groups is 1. The lowest BCUT2D eigenvalue weighted by molar-refractivity contribution is -0.0582. The molecule has 2 aromatic rings. The molecule has 34 heavy (non-hydrogen) atoms. The van der Waals surface area contributed by atoms with Gasteiger partial charge < -0.3 is 20.2 Å². The Morgan fingerprint density at radius 2 is 1.94 bits per heavy atom. The lowest BCUT2D eigenvalue weighted by atomic mass is 9.83. The van der Waals surface area contributed by atoms with Crippen LogP contribution in [0.3, 0.4) is 0 Å². The minimum absolute atomic E-state index is 0.344. The number of carbonyl (C=O) groups excluding carboxylic acids is 1. The number of amides is 2. The number of aromatic nitrogens is 1. The predicted octanol–water partition coefficient (Wildman–Crippen LogP) is 3.46. The fourth-order valence-electron chi connectivity index (χ4n) is 3.60. The average Bonchev–Trinajstić information content (AvgIpc) is 3.25. The lowest BCUT2D eigenvalue weighted by Gasteiger charge is -2.37. The van der Waals surface area contributed by atoms with E-state index in [1.165, 1.54) is 11.3 Å². The first-order valence-corrected chi connectivity index (χ1v) is 12.3. The van der Waals surface area contributed by atoms with E-state index in [9.17, 15) is 4.79 Å². The number of urea groups is 1. The van der Waals surface area contributed by atoms with E-state index in [0.717, 1.165) is 55.4 Å². The topological polar surface area (TPSA) is 112 Å². The minimum Gasteiger partial charge on any atom is -0.379 e. The van der Waals surface area contributed by atoms with Crippen LogP contribution in [-0.2, 0) is 15.9 Å². The molecule has 9 nitrogen and oxygen atoms in total. The third-order valence-corrected chi connectivity index (χ3v) is 6.88. The Morgan fingerprint density at radius 1 is 1.21 bits per heavy atom. The van der Waals surface area contributed by atoms with Crippen molar-refractivity contribution in [2.24, 2.45) is 5.41 Å². The summed E-state index contributed by atoms with van der Waals surface area (Å²) in [5.41, 5.74) is 2.01. The smallest absolute Gasteiger partial charge is 0.326 e. The van der Waals surface area contributed by atoms with Gasteiger partial charge in [-0.15, -0.1) is 11.3 Å². The summed E-state index contributed by atoms with van der Waals surface area (Å²) >= 11 is 1.47. The van der Waals surface area contributed by atoms with Gasteiger partial charge in [0, 0.05) is 48.2 Å². The molecule has 2 fully saturated rings. The molecule has 0 atom stereocenters. The number of allylic oxidation sites excluding steroid dienone is 1. The molecule has 2 aliphatic heterocycles. The summed E-state index contributed by atoms with van der Waals surface area (Å²) in [7, 11) is 0. The van der Waals surface area contributed by atoms with Gasteiger partial charge in [-0.25, -0.2) is 9.78 Å². The van der Waals surface area contributed by atoms with Crippen molar-refractivity contribution >= 4 is 33.9 Å². The summed E-state index contributed by atoms with van der Waals surface area (Å²) in [5, 5.41) is 17.9. The fraction of sp³-hybridized carbons (Fsp3) is 0.458. The number of rotatable bonds is 9. The molecule has 10 heteroatoms. The van der Waals surface area contributed by atoms with E-state index in [0.29, 0.717) is 29.9 Å². The number of benzene rings is 1. The average molecular weight is 485 g/mol. The van der Waals surface area contributed by atoms with Crippen LogP contribution in [0, 0.1) is 17.7 Å². The van der Waals surface area contributed by atoms with Gasteiger partial charge in [0.25, 0.3) is 0 Å². The van der Waals surface area contributed by atoms with Crippen molar-refractivity contribution in [3.05, 3.63) is 52.8 Å². The van der Waals surface area contributed by atoms with Crippen molar-refractivity contribution in [2.75, 3.05) is 56.7 Å². The molecule has 4 N–H and O–H groups in total. The van der Waals surface area contributed by atoms with Crippen LogP contribution in [-0.4, -0.2) is 67.7 Å². The molecule has 1 aromatic heterocycles. The molecule has 0 aliphatic carbocycles. The van der Waals surface area contributed by atoms with Gasteiger partial charge in [0.15, 0.2) is 5.13 Å². The number of nitrogens with one attached hydrogen (secondary N) is 4. The van der Waals surface area contributed by atoms with Crippen molar-refractivity contribution in [3.8, 4) is 0 Å². The molecule has 2 aliphatic rings. The summed E-state index contributed by atoms with van der Waals surface area (Å²) in [4.78, 5) is 20.6. The third-order valence-electron chi connectivity index (χ3n) is 5.91. The van der Waals surface area contributed by atoms with Gasteiger partial charge in [0.05, 0.1) is 31.8 Å². The van der Waals surface area contributed by atoms with Crippen LogP contribution in [0.1, 0.15) is 17.4 Å². The zero-order valence-electron chi connectivity index (χ0n) is 19.6. The second-order valence-electron chi connectivity index (χ2n) is 8.93. The van der Waals surface area contributed by atoms with E-state index in [4.69, 9.17) is 14.9 Å². The molecule has 0 radical (unpaired) electrons. The van der Waals surface area contributed by atoms with Crippen LogP contribution < -0.4 is 16.0 Å². The standard InChI is InChI=1S/C24H32N6O3S/c1-17-3-5-18(6-4-17)27-21(13-20(25)24(2)15-33-16-24)28-22(31)29-23-26-14-19(34-23)7-8-30-9-11-32-12-10-30/h3-6,13-14,25,27H,7-12,15-16H2,1-2H3,(H2,26,28,29,31)/b21-13+,25-20?. The van der Waals surface area contributed by atoms with Crippen molar-refractivity contribution in [3.63, 3.8) is 0 Å². The molecule has 0 bridgehead atoms. The van der Waals surface area contributed by atoms with Crippen LogP contribution in [0.15, 0.2) is 42.4 Å². The van der Waals surface area contributed by atoms with Gasteiger partial charge in [0.2, 0.25) is 0 Å². The summed E-state index contributed by atoms with van der Waals surface area (Å²) in [5.74, 6) is 0.420. The van der Waals surface area contributed by atoms with E-state index in [-0.39, 0.29) is 5.41 Å². The highest BCUT2D eigenvalue weighted by atomic mass is 32.1. The Bertz CT molecular complexity index is 1030. The van der Waals surface area contributed by atoms with E-state index in [1.54, 1.807) is 6.08 Å². The van der Waals surface area contributed by atoms with Gasteiger partial charge in [-0.3, -0.25) is 15.5 Å². The first kappa shape index (κ1) is 24.3. The summed E-state index contributed by atoms with van der Waals surface area (Å²) in [6, 6.07) is 7.42. The summed E-state index contributed by atoms with van der Waals surface area (Å²) < 4.78 is 10.7. The minimum atomic E-state index is -0.414. The molecule has 182 valence electrons. The van der Waals surface area contributed by atoms with Crippen LogP contribution in [0.4, 0.5) is 15.6 Å². The zero-order valence-corrected chi connectivity index (χ0v) is 20.5. The molecule has 4 rings (SSSR count). The zero-order chi connectivity index (χ0) is 24.0. The largest absolute Gasteiger partial charge is 0.379 e. The molecule has 0 unspecified atom stereocenters. The van der Waals surface area contributed by atoms with Crippen molar-refractivity contribution in [1.82, 2.24) is 15.2 Å². The van der Waals surface area contributed by atoms with Crippen molar-refractivity contribution in [2.45, 2.75) is 20.3 Å². The summed E-state index contributed by atoms with van der Waals surface area (Å²) in [6.45, 7) is 9.42. The second kappa shape index (κ2) is 11.1. The normalized spacial score (nSPS) is 18.1. The Balaban J connectivity index is 1.36. The molecule has 2 saturated heterocycles. The highest BCUT2D eigenvalue weighted by Crippen LogP contribution is 2.28. The highest BCUT2D eigenvalue weighted by molar-refractivity contribution is 7.15. The van der Waals surface area contributed by atoms with E-state index >= 15 is 0 Å². The van der Waals surface area contributed by atoms with Crippen LogP contribution >= 0.6 is 11.3 Å². The number of aryl methyl sites for hydroxylation is 1. The van der Waals surface area contributed by atoms with Gasteiger partial charge in [-0.2, -0.15) is 0 Å². The number of nitrogens with zero attached hydrogens (tertiary/aromatic N) is 2. The van der Waals surface area contributed by atoms with E-state index < -0.39 is 6.03 Å². The molecule has 0 spiro atoms. The molecule has 3 heterocycles. The molecule has 0 saturated carbocycles. The number of hydrogen-bond acceptors (Lipinski definition) is 8. The van der Waals surface area contributed by atoms with Crippen LogP contribution in [0.2, 0.25) is 0 Å². The van der Waals surface area contributed by atoms with E-state index in [2.05, 4.69) is 25.8 Å². The van der Waals surface area contributed by atoms with Crippen LogP contribution in [0.25, 0.3) is 0 Å². The first-order chi connectivity index (χ1) is 16.4. The molecular weight excluding hydrogens is 452 g/mol. The predicted molar refractivity (Wildman–Crippen MR) is 135 cm³/mol. The maximum atomic E-state index is 12.7. The number of morpholine rings is 1. The van der Waals surface area contributed by atoms with Crippen molar-refractivity contribution < 1.29 is 14.3 Å². The number of hydrogen-bond donors (Lipinski definition) is 4. The quantitative estimate of drug-likeness (QED) is 0.406.